The van der Waals surface area contributed by atoms with Crippen LogP contribution in [0.4, 0.5) is 0 Å². The SMILES string of the molecule is CCS(=O)(=O)NC[C@@H](C)NCc1cc(C2CC2)n[nH]1. The maximum atomic E-state index is 11.3. The van der Waals surface area contributed by atoms with E-state index in [2.05, 4.69) is 26.3 Å². The van der Waals surface area contributed by atoms with Crippen molar-refractivity contribution in [2.45, 2.75) is 45.2 Å². The van der Waals surface area contributed by atoms with Crippen molar-refractivity contribution in [1.29, 1.82) is 0 Å². The van der Waals surface area contributed by atoms with Crippen molar-refractivity contribution in [1.82, 2.24) is 20.2 Å². The molecule has 2 rings (SSSR count). The summed E-state index contributed by atoms with van der Waals surface area (Å²) in [7, 11) is -3.11. The highest BCUT2D eigenvalue weighted by molar-refractivity contribution is 7.89. The first kappa shape index (κ1) is 14.5. The normalized spacial score (nSPS) is 17.6. The highest BCUT2D eigenvalue weighted by Gasteiger charge is 2.25. The Balaban J connectivity index is 1.71. The third-order valence-electron chi connectivity index (χ3n) is 3.28. The lowest BCUT2D eigenvalue weighted by molar-refractivity contribution is 0.521. The zero-order valence-electron chi connectivity index (χ0n) is 11.4. The van der Waals surface area contributed by atoms with Crippen LogP contribution in [0.15, 0.2) is 6.07 Å². The van der Waals surface area contributed by atoms with Crippen LogP contribution in [0, 0.1) is 0 Å². The monoisotopic (exact) mass is 286 g/mol. The first-order valence-corrected chi connectivity index (χ1v) is 8.40. The summed E-state index contributed by atoms with van der Waals surface area (Å²) in [6, 6.07) is 2.17. The third-order valence-corrected chi connectivity index (χ3v) is 4.64. The lowest BCUT2D eigenvalue weighted by atomic mass is 10.2. The van der Waals surface area contributed by atoms with Gasteiger partial charge in [-0.3, -0.25) is 5.10 Å². The molecule has 0 bridgehead atoms. The van der Waals surface area contributed by atoms with Crippen LogP contribution in [0.3, 0.4) is 0 Å². The molecule has 1 atom stereocenters. The summed E-state index contributed by atoms with van der Waals surface area (Å²) in [4.78, 5) is 0. The minimum absolute atomic E-state index is 0.0778. The Morgan fingerprint density at radius 3 is 2.89 bits per heavy atom. The van der Waals surface area contributed by atoms with Gasteiger partial charge >= 0.3 is 0 Å². The van der Waals surface area contributed by atoms with Crippen LogP contribution in [0.25, 0.3) is 0 Å². The molecule has 1 aromatic rings. The molecule has 0 unspecified atom stereocenters. The van der Waals surface area contributed by atoms with Crippen molar-refractivity contribution in [3.63, 3.8) is 0 Å². The molecular formula is C12H22N4O2S. The number of nitrogens with zero attached hydrogens (tertiary/aromatic N) is 1. The van der Waals surface area contributed by atoms with Gasteiger partial charge in [0.05, 0.1) is 11.4 Å². The van der Waals surface area contributed by atoms with Crippen LogP contribution in [0.2, 0.25) is 0 Å². The van der Waals surface area contributed by atoms with Crippen LogP contribution in [0.5, 0.6) is 0 Å². The van der Waals surface area contributed by atoms with Crippen molar-refractivity contribution in [3.8, 4) is 0 Å². The zero-order valence-corrected chi connectivity index (χ0v) is 12.3. The highest BCUT2D eigenvalue weighted by Crippen LogP contribution is 2.38. The molecular weight excluding hydrogens is 264 g/mol. The zero-order chi connectivity index (χ0) is 13.9. The van der Waals surface area contributed by atoms with Crippen LogP contribution in [-0.2, 0) is 16.6 Å². The molecule has 1 heterocycles. The topological polar surface area (TPSA) is 86.9 Å². The summed E-state index contributed by atoms with van der Waals surface area (Å²) < 4.78 is 25.2. The van der Waals surface area contributed by atoms with Gasteiger partial charge in [-0.2, -0.15) is 5.10 Å². The first-order valence-electron chi connectivity index (χ1n) is 6.75. The molecule has 1 aliphatic rings. The summed E-state index contributed by atoms with van der Waals surface area (Å²) in [6.07, 6.45) is 2.49. The van der Waals surface area contributed by atoms with E-state index in [-0.39, 0.29) is 11.8 Å². The molecule has 1 fully saturated rings. The average molecular weight is 286 g/mol. The van der Waals surface area contributed by atoms with Crippen molar-refractivity contribution >= 4 is 10.0 Å². The van der Waals surface area contributed by atoms with E-state index in [1.165, 1.54) is 12.8 Å². The second-order valence-corrected chi connectivity index (χ2v) is 7.22. The summed E-state index contributed by atoms with van der Waals surface area (Å²) in [5, 5.41) is 10.6. The van der Waals surface area contributed by atoms with Crippen LogP contribution in [-0.4, -0.2) is 37.0 Å². The van der Waals surface area contributed by atoms with Gasteiger partial charge in [0.1, 0.15) is 0 Å². The number of rotatable bonds is 8. The lowest BCUT2D eigenvalue weighted by Crippen LogP contribution is -2.39. The van der Waals surface area contributed by atoms with Gasteiger partial charge in [0, 0.05) is 30.7 Å². The van der Waals surface area contributed by atoms with E-state index in [0.29, 0.717) is 19.0 Å². The summed E-state index contributed by atoms with van der Waals surface area (Å²) in [5.41, 5.74) is 2.20. The molecule has 0 radical (unpaired) electrons. The quantitative estimate of drug-likeness (QED) is 0.656. The minimum Gasteiger partial charge on any atom is -0.307 e. The van der Waals surface area contributed by atoms with Crippen LogP contribution >= 0.6 is 0 Å². The maximum absolute atomic E-state index is 11.3. The summed E-state index contributed by atoms with van der Waals surface area (Å²) >= 11 is 0. The smallest absolute Gasteiger partial charge is 0.211 e. The van der Waals surface area contributed by atoms with E-state index in [1.807, 2.05) is 6.92 Å². The van der Waals surface area contributed by atoms with E-state index in [4.69, 9.17) is 0 Å². The second kappa shape index (κ2) is 6.02. The molecule has 3 N–H and O–H groups in total. The van der Waals surface area contributed by atoms with Crippen LogP contribution < -0.4 is 10.0 Å². The molecule has 0 saturated heterocycles. The molecule has 7 heteroatoms. The largest absolute Gasteiger partial charge is 0.307 e. The first-order chi connectivity index (χ1) is 9.00. The molecule has 1 aromatic heterocycles. The van der Waals surface area contributed by atoms with Crippen molar-refractivity contribution in [2.75, 3.05) is 12.3 Å². The van der Waals surface area contributed by atoms with Gasteiger partial charge < -0.3 is 5.32 Å². The van der Waals surface area contributed by atoms with Crippen molar-refractivity contribution in [2.24, 2.45) is 0 Å². The average Bonchev–Trinajstić information content (AvgIpc) is 3.13. The highest BCUT2D eigenvalue weighted by atomic mass is 32.2. The number of sulfonamides is 1. The molecule has 19 heavy (non-hydrogen) atoms. The summed E-state index contributed by atoms with van der Waals surface area (Å²) in [5.74, 6) is 0.768. The molecule has 1 aliphatic carbocycles. The fourth-order valence-electron chi connectivity index (χ4n) is 1.77. The van der Waals surface area contributed by atoms with E-state index in [1.54, 1.807) is 6.92 Å². The van der Waals surface area contributed by atoms with E-state index < -0.39 is 10.0 Å². The van der Waals surface area contributed by atoms with E-state index >= 15 is 0 Å². The maximum Gasteiger partial charge on any atom is 0.211 e. The molecule has 1 saturated carbocycles. The Labute approximate surface area is 114 Å². The van der Waals surface area contributed by atoms with Crippen molar-refractivity contribution in [3.05, 3.63) is 17.5 Å². The molecule has 108 valence electrons. The van der Waals surface area contributed by atoms with Gasteiger partial charge in [-0.25, -0.2) is 13.1 Å². The second-order valence-electron chi connectivity index (χ2n) is 5.13. The Kier molecular flexibility index (Phi) is 4.59. The fourth-order valence-corrected chi connectivity index (χ4v) is 2.48. The van der Waals surface area contributed by atoms with Crippen LogP contribution in [0.1, 0.15) is 44.0 Å². The Morgan fingerprint density at radius 2 is 2.26 bits per heavy atom. The molecule has 0 aromatic carbocycles. The number of aromatic nitrogens is 2. The molecule has 0 spiro atoms. The van der Waals surface area contributed by atoms with Gasteiger partial charge in [0.15, 0.2) is 0 Å². The van der Waals surface area contributed by atoms with Gasteiger partial charge in [-0.1, -0.05) is 0 Å². The Hall–Kier alpha value is -0.920. The lowest BCUT2D eigenvalue weighted by Gasteiger charge is -2.13. The predicted molar refractivity (Wildman–Crippen MR) is 74.3 cm³/mol. The summed E-state index contributed by atoms with van der Waals surface area (Å²) in [6.45, 7) is 4.66. The standard InChI is InChI=1S/C12H22N4O2S/c1-3-19(17,18)14-7-9(2)13-8-11-6-12(16-15-11)10-4-5-10/h6,9-10,13-14H,3-5,7-8H2,1-2H3,(H,15,16)/t9-/m1/s1. The van der Waals surface area contributed by atoms with Crippen molar-refractivity contribution < 1.29 is 8.42 Å². The van der Waals surface area contributed by atoms with Gasteiger partial charge in [-0.05, 0) is 32.8 Å². The number of aromatic amines is 1. The number of hydrogen-bond donors (Lipinski definition) is 3. The fraction of sp³-hybridized carbons (Fsp3) is 0.750. The molecule has 6 nitrogen and oxygen atoms in total. The predicted octanol–water partition coefficient (Wildman–Crippen LogP) is 0.705. The third kappa shape index (κ3) is 4.59. The number of hydrogen-bond acceptors (Lipinski definition) is 4. The van der Waals surface area contributed by atoms with Gasteiger partial charge in [0.25, 0.3) is 0 Å². The Morgan fingerprint density at radius 1 is 1.53 bits per heavy atom. The Bertz CT molecular complexity index is 508. The molecule has 0 amide bonds. The number of H-pyrrole nitrogens is 1. The minimum atomic E-state index is -3.11. The molecule has 0 aliphatic heterocycles. The van der Waals surface area contributed by atoms with Gasteiger partial charge in [0.2, 0.25) is 10.0 Å². The number of nitrogens with one attached hydrogen (secondary N) is 3. The van der Waals surface area contributed by atoms with Gasteiger partial charge in [-0.15, -0.1) is 0 Å². The van der Waals surface area contributed by atoms with E-state index in [0.717, 1.165) is 11.4 Å². The van der Waals surface area contributed by atoms with E-state index in [9.17, 15) is 8.42 Å².